The predicted molar refractivity (Wildman–Crippen MR) is 134 cm³/mol. The molecule has 1 saturated carbocycles. The van der Waals surface area contributed by atoms with Crippen molar-refractivity contribution in [3.63, 3.8) is 0 Å². The van der Waals surface area contributed by atoms with Gasteiger partial charge in [0.15, 0.2) is 0 Å². The Morgan fingerprint density at radius 2 is 2.14 bits per heavy atom. The van der Waals surface area contributed by atoms with Gasteiger partial charge in [0, 0.05) is 22.1 Å². The molecule has 1 fully saturated rings. The van der Waals surface area contributed by atoms with Gasteiger partial charge in [-0.05, 0) is 60.9 Å². The number of carbonyl (C=O) groups is 1. The molecule has 0 bridgehead atoms. The highest BCUT2D eigenvalue weighted by molar-refractivity contribution is 7.84. The Hall–Kier alpha value is -2.41. The van der Waals surface area contributed by atoms with Crippen LogP contribution >= 0.6 is 22.9 Å². The highest BCUT2D eigenvalue weighted by Crippen LogP contribution is 2.31. The van der Waals surface area contributed by atoms with Crippen LogP contribution in [0, 0.1) is 5.92 Å². The molecule has 35 heavy (non-hydrogen) atoms. The van der Waals surface area contributed by atoms with Crippen LogP contribution in [0.2, 0.25) is 5.02 Å². The van der Waals surface area contributed by atoms with Crippen LogP contribution in [0.4, 0.5) is 5.82 Å². The van der Waals surface area contributed by atoms with Crippen molar-refractivity contribution < 1.29 is 22.5 Å². The van der Waals surface area contributed by atoms with Gasteiger partial charge in [0.05, 0.1) is 23.7 Å². The number of halogens is 1. The van der Waals surface area contributed by atoms with Crippen LogP contribution in [0.25, 0.3) is 0 Å². The number of carbonyl (C=O) groups excluding carboxylic acids is 1. The van der Waals surface area contributed by atoms with Gasteiger partial charge in [0.2, 0.25) is 5.78 Å². The minimum atomic E-state index is -3.97. The lowest BCUT2D eigenvalue weighted by molar-refractivity contribution is 0.104. The number of thiophene rings is 1. The summed E-state index contributed by atoms with van der Waals surface area (Å²) in [4.78, 5) is 22.9. The van der Waals surface area contributed by atoms with E-state index < -0.39 is 10.3 Å². The molecule has 186 valence electrons. The van der Waals surface area contributed by atoms with Crippen LogP contribution < -0.4 is 10.5 Å². The first-order valence-electron chi connectivity index (χ1n) is 11.0. The van der Waals surface area contributed by atoms with E-state index in [0.717, 1.165) is 24.0 Å². The summed E-state index contributed by atoms with van der Waals surface area (Å²) < 4.78 is 26.8. The predicted octanol–water partition coefficient (Wildman–Crippen LogP) is 3.31. The van der Waals surface area contributed by atoms with Crippen molar-refractivity contribution in [3.05, 3.63) is 74.3 Å². The Morgan fingerprint density at radius 3 is 2.89 bits per heavy atom. The van der Waals surface area contributed by atoms with E-state index in [1.165, 1.54) is 23.9 Å². The summed E-state index contributed by atoms with van der Waals surface area (Å²) in [6.45, 7) is -0.143. The van der Waals surface area contributed by atoms with E-state index in [4.69, 9.17) is 20.9 Å². The van der Waals surface area contributed by atoms with Crippen molar-refractivity contribution in [3.8, 4) is 0 Å². The molecule has 1 aliphatic rings. The minimum Gasteiger partial charge on any atom is -0.391 e. The molecular weight excluding hydrogens is 512 g/mol. The van der Waals surface area contributed by atoms with Gasteiger partial charge in [0.25, 0.3) is 0 Å². The number of ketones is 1. The number of anilines is 1. The monoisotopic (exact) mass is 536 g/mol. The topological polar surface area (TPSA) is 144 Å². The van der Waals surface area contributed by atoms with Gasteiger partial charge in [-0.1, -0.05) is 23.7 Å². The van der Waals surface area contributed by atoms with Crippen molar-refractivity contribution in [2.75, 3.05) is 11.9 Å². The zero-order valence-corrected chi connectivity index (χ0v) is 21.1. The third-order valence-electron chi connectivity index (χ3n) is 5.85. The summed E-state index contributed by atoms with van der Waals surface area (Å²) in [6.07, 6.45) is 5.58. The quantitative estimate of drug-likeness (QED) is 0.335. The van der Waals surface area contributed by atoms with Gasteiger partial charge in [-0.25, -0.2) is 15.1 Å². The Labute approximate surface area is 212 Å². The third-order valence-corrected chi connectivity index (χ3v) is 7.72. The summed E-state index contributed by atoms with van der Waals surface area (Å²) in [5.41, 5.74) is 2.18. The SMILES string of the molecule is NS(=O)(=O)OC[C@@H]1CC[C@H](Nc2ncncc2C(=O)c2cc(Cc3cccc(Cl)c3)c(CO)s2)C1. The summed E-state index contributed by atoms with van der Waals surface area (Å²) in [7, 11) is -3.97. The molecule has 0 amide bonds. The Morgan fingerprint density at radius 1 is 1.31 bits per heavy atom. The molecule has 4 rings (SSSR count). The Balaban J connectivity index is 1.49. The number of aliphatic hydroxyl groups is 1. The van der Waals surface area contributed by atoms with E-state index in [-0.39, 0.29) is 31.0 Å². The van der Waals surface area contributed by atoms with Crippen molar-refractivity contribution >= 4 is 44.8 Å². The summed E-state index contributed by atoms with van der Waals surface area (Å²) >= 11 is 7.34. The minimum absolute atomic E-state index is 0.000238. The second-order valence-electron chi connectivity index (χ2n) is 8.44. The number of nitrogens with zero attached hydrogens (tertiary/aromatic N) is 2. The summed E-state index contributed by atoms with van der Waals surface area (Å²) in [5, 5.41) is 18.7. The Bertz CT molecular complexity index is 1310. The molecule has 2 atom stereocenters. The average Bonchev–Trinajstić information content (AvgIpc) is 3.44. The highest BCUT2D eigenvalue weighted by Gasteiger charge is 2.28. The standard InChI is InChI=1S/C23H25ClN4O5S2/c24-17-3-1-2-14(7-17)6-16-9-20(34-21(16)11-29)22(30)19-10-26-13-27-23(19)28-18-5-4-15(8-18)12-33-35(25,31)32/h1-3,7,9-10,13,15,18,29H,4-6,8,11-12H2,(H2,25,31,32)(H,26,27,28)/t15-,18+/m1/s1. The first-order valence-corrected chi connectivity index (χ1v) is 13.6. The summed E-state index contributed by atoms with van der Waals surface area (Å²) in [5.74, 6) is 0.209. The molecule has 3 aromatic rings. The number of hydrogen-bond acceptors (Lipinski definition) is 9. The number of nitrogens with one attached hydrogen (secondary N) is 1. The molecule has 12 heteroatoms. The fourth-order valence-electron chi connectivity index (χ4n) is 4.21. The van der Waals surface area contributed by atoms with Crippen LogP contribution in [0.15, 0.2) is 42.9 Å². The van der Waals surface area contributed by atoms with Gasteiger partial charge in [0.1, 0.15) is 12.1 Å². The van der Waals surface area contributed by atoms with Crippen molar-refractivity contribution in [1.82, 2.24) is 9.97 Å². The second kappa shape index (κ2) is 11.1. The molecule has 0 aliphatic heterocycles. The number of benzene rings is 1. The Kier molecular flexibility index (Phi) is 8.15. The normalized spacial score (nSPS) is 18.0. The molecule has 2 aromatic heterocycles. The van der Waals surface area contributed by atoms with E-state index >= 15 is 0 Å². The maximum absolute atomic E-state index is 13.4. The first-order chi connectivity index (χ1) is 16.7. The number of nitrogens with two attached hydrogens (primary N) is 1. The second-order valence-corrected chi connectivity index (χ2v) is 11.2. The smallest absolute Gasteiger partial charge is 0.333 e. The molecule has 1 aromatic carbocycles. The van der Waals surface area contributed by atoms with Crippen molar-refractivity contribution in [2.45, 2.75) is 38.3 Å². The van der Waals surface area contributed by atoms with Crippen LogP contribution in [0.3, 0.4) is 0 Å². The van der Waals surface area contributed by atoms with Crippen molar-refractivity contribution in [2.24, 2.45) is 11.1 Å². The third kappa shape index (κ3) is 6.84. The van der Waals surface area contributed by atoms with Gasteiger partial charge in [-0.3, -0.25) is 8.98 Å². The fourth-order valence-corrected chi connectivity index (χ4v) is 5.81. The molecule has 0 saturated heterocycles. The zero-order chi connectivity index (χ0) is 25.0. The van der Waals surface area contributed by atoms with Crippen LogP contribution in [0.1, 0.15) is 50.5 Å². The van der Waals surface area contributed by atoms with E-state index in [0.29, 0.717) is 39.0 Å². The lowest BCUT2D eigenvalue weighted by Crippen LogP contribution is -2.22. The first kappa shape index (κ1) is 25.7. The molecule has 1 aliphatic carbocycles. The number of hydrogen-bond donors (Lipinski definition) is 3. The number of aromatic nitrogens is 2. The number of aliphatic hydroxyl groups excluding tert-OH is 1. The van der Waals surface area contributed by atoms with Crippen molar-refractivity contribution in [1.29, 1.82) is 0 Å². The largest absolute Gasteiger partial charge is 0.391 e. The van der Waals surface area contributed by atoms with E-state index in [1.54, 1.807) is 12.1 Å². The molecule has 4 N–H and O–H groups in total. The molecule has 2 heterocycles. The van der Waals surface area contributed by atoms with E-state index in [1.807, 2.05) is 18.2 Å². The molecule has 9 nitrogen and oxygen atoms in total. The van der Waals surface area contributed by atoms with E-state index in [2.05, 4.69) is 15.3 Å². The molecule has 0 spiro atoms. The molecule has 0 unspecified atom stereocenters. The van der Waals surface area contributed by atoms with Crippen LogP contribution in [-0.4, -0.2) is 41.9 Å². The maximum Gasteiger partial charge on any atom is 0.333 e. The van der Waals surface area contributed by atoms with Gasteiger partial charge >= 0.3 is 10.3 Å². The van der Waals surface area contributed by atoms with Crippen LogP contribution in [-0.2, 0) is 27.5 Å². The number of rotatable bonds is 10. The van der Waals surface area contributed by atoms with Gasteiger partial charge < -0.3 is 10.4 Å². The maximum atomic E-state index is 13.4. The lowest BCUT2D eigenvalue weighted by atomic mass is 10.0. The van der Waals surface area contributed by atoms with Gasteiger partial charge in [-0.15, -0.1) is 11.3 Å². The molecule has 0 radical (unpaired) electrons. The highest BCUT2D eigenvalue weighted by atomic mass is 35.5. The zero-order valence-electron chi connectivity index (χ0n) is 18.7. The fraction of sp³-hybridized carbons (Fsp3) is 0.348. The average molecular weight is 537 g/mol. The van der Waals surface area contributed by atoms with Gasteiger partial charge in [-0.2, -0.15) is 8.42 Å². The summed E-state index contributed by atoms with van der Waals surface area (Å²) in [6, 6.07) is 9.26. The van der Waals surface area contributed by atoms with Crippen LogP contribution in [0.5, 0.6) is 0 Å². The lowest BCUT2D eigenvalue weighted by Gasteiger charge is -2.15. The van der Waals surface area contributed by atoms with E-state index in [9.17, 15) is 18.3 Å². The molecular formula is C23H25ClN4O5S2.